The molecule has 0 atom stereocenters. The summed E-state index contributed by atoms with van der Waals surface area (Å²) < 4.78 is 0. The lowest BCUT2D eigenvalue weighted by Crippen LogP contribution is -2.56. The Morgan fingerprint density at radius 1 is 0.651 bits per heavy atom. The molecule has 43 heavy (non-hydrogen) atoms. The number of thiophene rings is 2. The SMILES string of the molecule is CCN1C(=O)C(=Cc2ccc(-c3sc(-c4ccc(C=C5C(=O)N(C)C(=O)N(C)C5=O)s4)cc3C)cc2)C(=O)N(CC)C1=O. The van der Waals surface area contributed by atoms with Gasteiger partial charge in [0.2, 0.25) is 0 Å². The van der Waals surface area contributed by atoms with Crippen LogP contribution in [0.1, 0.15) is 29.9 Å². The maximum absolute atomic E-state index is 12.8. The number of hydrogen-bond donors (Lipinski definition) is 0. The average molecular weight is 617 g/mol. The quantitative estimate of drug-likeness (QED) is 0.281. The van der Waals surface area contributed by atoms with Crippen LogP contribution in [0, 0.1) is 6.92 Å². The zero-order valence-electron chi connectivity index (χ0n) is 24.2. The number of imide groups is 4. The van der Waals surface area contributed by atoms with Crippen molar-refractivity contribution >= 4 is 70.5 Å². The Morgan fingerprint density at radius 2 is 1.21 bits per heavy atom. The van der Waals surface area contributed by atoms with Gasteiger partial charge in [-0.2, -0.15) is 0 Å². The van der Waals surface area contributed by atoms with E-state index in [1.54, 1.807) is 25.2 Å². The minimum atomic E-state index is -0.663. The van der Waals surface area contributed by atoms with Gasteiger partial charge >= 0.3 is 12.1 Å². The smallest absolute Gasteiger partial charge is 0.268 e. The minimum Gasteiger partial charge on any atom is -0.268 e. The molecule has 3 aromatic rings. The summed E-state index contributed by atoms with van der Waals surface area (Å²) in [6.45, 7) is 5.74. The first-order valence-corrected chi connectivity index (χ1v) is 15.1. The number of carbonyl (C=O) groups is 6. The molecule has 10 nitrogen and oxygen atoms in total. The van der Waals surface area contributed by atoms with Crippen LogP contribution in [-0.2, 0) is 19.2 Å². The summed E-state index contributed by atoms with van der Waals surface area (Å²) >= 11 is 3.03. The van der Waals surface area contributed by atoms with E-state index in [0.29, 0.717) is 10.4 Å². The normalized spacial score (nSPS) is 16.2. The maximum atomic E-state index is 12.8. The van der Waals surface area contributed by atoms with Crippen molar-refractivity contribution < 1.29 is 28.8 Å². The summed E-state index contributed by atoms with van der Waals surface area (Å²) in [4.78, 5) is 83.0. The average Bonchev–Trinajstić information content (AvgIpc) is 3.63. The molecule has 8 amide bonds. The summed E-state index contributed by atoms with van der Waals surface area (Å²) in [5, 5.41) is 0. The lowest BCUT2D eigenvalue weighted by molar-refractivity contribution is -0.136. The highest BCUT2D eigenvalue weighted by molar-refractivity contribution is 7.24. The number of nitrogens with zero attached hydrogens (tertiary/aromatic N) is 4. The fourth-order valence-electron chi connectivity index (χ4n) is 4.85. The first-order valence-electron chi connectivity index (χ1n) is 13.5. The number of benzene rings is 1. The molecular formula is C31H28N4O6S2. The van der Waals surface area contributed by atoms with Crippen molar-refractivity contribution in [2.24, 2.45) is 0 Å². The molecule has 2 aliphatic rings. The van der Waals surface area contributed by atoms with Gasteiger partial charge in [-0.1, -0.05) is 24.3 Å². The Labute approximate surface area is 256 Å². The topological polar surface area (TPSA) is 115 Å². The molecule has 2 aromatic heterocycles. The molecule has 2 aliphatic heterocycles. The third kappa shape index (κ3) is 5.23. The van der Waals surface area contributed by atoms with E-state index >= 15 is 0 Å². The van der Waals surface area contributed by atoms with Crippen LogP contribution in [0.4, 0.5) is 9.59 Å². The highest BCUT2D eigenvalue weighted by Crippen LogP contribution is 2.41. The molecule has 2 fully saturated rings. The molecule has 4 heterocycles. The molecular weight excluding hydrogens is 588 g/mol. The van der Waals surface area contributed by atoms with Crippen LogP contribution in [-0.4, -0.2) is 82.5 Å². The van der Waals surface area contributed by atoms with E-state index < -0.39 is 35.7 Å². The summed E-state index contributed by atoms with van der Waals surface area (Å²) in [7, 11) is 2.69. The van der Waals surface area contributed by atoms with Crippen LogP contribution < -0.4 is 0 Å². The van der Waals surface area contributed by atoms with Gasteiger partial charge in [0.25, 0.3) is 23.6 Å². The van der Waals surface area contributed by atoms with Gasteiger partial charge in [0.1, 0.15) is 11.1 Å². The molecule has 2 saturated heterocycles. The first-order chi connectivity index (χ1) is 20.5. The van der Waals surface area contributed by atoms with E-state index in [2.05, 4.69) is 6.07 Å². The highest BCUT2D eigenvalue weighted by Gasteiger charge is 2.40. The van der Waals surface area contributed by atoms with Crippen molar-refractivity contribution in [3.05, 3.63) is 69.6 Å². The van der Waals surface area contributed by atoms with Gasteiger partial charge in [-0.05, 0) is 67.8 Å². The van der Waals surface area contributed by atoms with Crippen molar-refractivity contribution in [1.82, 2.24) is 19.6 Å². The van der Waals surface area contributed by atoms with E-state index in [9.17, 15) is 28.8 Å². The molecule has 0 spiro atoms. The van der Waals surface area contributed by atoms with E-state index in [1.807, 2.05) is 43.3 Å². The predicted octanol–water partition coefficient (Wildman–Crippen LogP) is 5.10. The van der Waals surface area contributed by atoms with Gasteiger partial charge in [0.15, 0.2) is 0 Å². The molecule has 0 unspecified atom stereocenters. The third-order valence-electron chi connectivity index (χ3n) is 7.25. The number of barbiturate groups is 2. The summed E-state index contributed by atoms with van der Waals surface area (Å²) in [6, 6.07) is 12.1. The van der Waals surface area contributed by atoms with Crippen LogP contribution in [0.25, 0.3) is 32.3 Å². The lowest BCUT2D eigenvalue weighted by Gasteiger charge is -2.32. The van der Waals surface area contributed by atoms with Gasteiger partial charge in [-0.15, -0.1) is 22.7 Å². The van der Waals surface area contributed by atoms with Gasteiger partial charge in [-0.25, -0.2) is 9.59 Å². The van der Waals surface area contributed by atoms with E-state index in [-0.39, 0.29) is 24.2 Å². The number of likely N-dealkylation sites (N-methyl/N-ethyl adjacent to an activating group) is 4. The number of rotatable bonds is 6. The van der Waals surface area contributed by atoms with Crippen molar-refractivity contribution in [2.75, 3.05) is 27.2 Å². The number of aryl methyl sites for hydroxylation is 1. The molecule has 0 saturated carbocycles. The Bertz CT molecular complexity index is 1710. The largest absolute Gasteiger partial charge is 0.333 e. The van der Waals surface area contributed by atoms with Crippen molar-refractivity contribution in [3.63, 3.8) is 0 Å². The molecule has 5 rings (SSSR count). The number of hydrogen-bond acceptors (Lipinski definition) is 8. The van der Waals surface area contributed by atoms with E-state index in [4.69, 9.17) is 0 Å². The monoisotopic (exact) mass is 616 g/mol. The molecule has 0 radical (unpaired) electrons. The standard InChI is InChI=1S/C31H28N4O6S2/c1-6-34-28(38)21(29(39)35(7-2)31(34)41)15-18-8-10-19(11-9-18)25-17(3)14-24(43-25)23-13-12-20(42-23)16-22-26(36)32(4)30(40)33(5)27(22)37/h8-16H,6-7H2,1-5H3. The van der Waals surface area contributed by atoms with Crippen molar-refractivity contribution in [3.8, 4) is 20.2 Å². The molecule has 0 N–H and O–H groups in total. The Balaban J connectivity index is 1.38. The molecule has 1 aromatic carbocycles. The zero-order chi connectivity index (χ0) is 31.2. The van der Waals surface area contributed by atoms with Gasteiger partial charge in [0.05, 0.1) is 0 Å². The van der Waals surface area contributed by atoms with Crippen LogP contribution >= 0.6 is 22.7 Å². The third-order valence-corrected chi connectivity index (χ3v) is 9.76. The second-order valence-electron chi connectivity index (χ2n) is 9.96. The Kier molecular flexibility index (Phi) is 8.00. The summed E-state index contributed by atoms with van der Waals surface area (Å²) in [5.74, 6) is -2.46. The van der Waals surface area contributed by atoms with E-state index in [1.165, 1.54) is 37.6 Å². The van der Waals surface area contributed by atoms with Gasteiger partial charge in [-0.3, -0.25) is 38.8 Å². The number of urea groups is 2. The number of carbonyl (C=O) groups excluding carboxylic acids is 6. The Hall–Kier alpha value is -4.68. The fourth-order valence-corrected chi connectivity index (χ4v) is 7.06. The zero-order valence-corrected chi connectivity index (χ0v) is 25.8. The molecule has 220 valence electrons. The first kappa shape index (κ1) is 29.8. The van der Waals surface area contributed by atoms with Crippen molar-refractivity contribution in [1.29, 1.82) is 0 Å². The van der Waals surface area contributed by atoms with Crippen LogP contribution in [0.2, 0.25) is 0 Å². The fraction of sp³-hybridized carbons (Fsp3) is 0.226. The molecule has 0 bridgehead atoms. The minimum absolute atomic E-state index is 0.0457. The highest BCUT2D eigenvalue weighted by atomic mass is 32.1. The summed E-state index contributed by atoms with van der Waals surface area (Å²) in [6.07, 6.45) is 3.04. The lowest BCUT2D eigenvalue weighted by atomic mass is 10.0. The maximum Gasteiger partial charge on any atom is 0.333 e. The van der Waals surface area contributed by atoms with Crippen LogP contribution in [0.15, 0.2) is 53.6 Å². The Morgan fingerprint density at radius 3 is 1.77 bits per heavy atom. The molecule has 12 heteroatoms. The number of amides is 8. The van der Waals surface area contributed by atoms with Gasteiger partial charge < -0.3 is 0 Å². The second kappa shape index (κ2) is 11.5. The predicted molar refractivity (Wildman–Crippen MR) is 165 cm³/mol. The summed E-state index contributed by atoms with van der Waals surface area (Å²) in [5.41, 5.74) is 2.58. The van der Waals surface area contributed by atoms with Crippen LogP contribution in [0.3, 0.4) is 0 Å². The van der Waals surface area contributed by atoms with Crippen LogP contribution in [0.5, 0.6) is 0 Å². The second-order valence-corrected chi connectivity index (χ2v) is 12.1. The van der Waals surface area contributed by atoms with Gasteiger partial charge in [0, 0.05) is 46.7 Å². The van der Waals surface area contributed by atoms with Crippen molar-refractivity contribution in [2.45, 2.75) is 20.8 Å². The molecule has 0 aliphatic carbocycles. The van der Waals surface area contributed by atoms with E-state index in [0.717, 1.165) is 45.4 Å².